The molecule has 0 bridgehead atoms. The first-order chi connectivity index (χ1) is 12.0. The van der Waals surface area contributed by atoms with Crippen LogP contribution in [0.5, 0.6) is 0 Å². The number of hydrogen-bond acceptors (Lipinski definition) is 2. The summed E-state index contributed by atoms with van der Waals surface area (Å²) in [7, 11) is 0. The van der Waals surface area contributed by atoms with Crippen LogP contribution >= 0.6 is 12.2 Å². The molecule has 1 heterocycles. The summed E-state index contributed by atoms with van der Waals surface area (Å²) in [5.41, 5.74) is 4.86. The van der Waals surface area contributed by atoms with Crippen molar-refractivity contribution in [3.05, 3.63) is 75.6 Å². The van der Waals surface area contributed by atoms with Gasteiger partial charge in [0.05, 0.1) is 0 Å². The lowest BCUT2D eigenvalue weighted by atomic mass is 10.1. The van der Waals surface area contributed by atoms with E-state index in [0.29, 0.717) is 18.1 Å². The van der Waals surface area contributed by atoms with Crippen molar-refractivity contribution < 1.29 is 0 Å². The molecule has 0 unspecified atom stereocenters. The molecule has 0 aliphatic heterocycles. The number of benzene rings is 2. The van der Waals surface area contributed by atoms with Gasteiger partial charge in [0.25, 0.3) is 5.56 Å². The minimum absolute atomic E-state index is 0.0442. The van der Waals surface area contributed by atoms with Crippen LogP contribution in [0.25, 0.3) is 10.9 Å². The fraction of sp³-hybridized carbons (Fsp3) is 0.200. The summed E-state index contributed by atoms with van der Waals surface area (Å²) in [5, 5.41) is 7.88. The van der Waals surface area contributed by atoms with E-state index in [4.69, 9.17) is 12.2 Å². The van der Waals surface area contributed by atoms with E-state index >= 15 is 0 Å². The second-order valence-electron chi connectivity index (χ2n) is 6.21. The molecule has 3 aromatic rings. The van der Waals surface area contributed by atoms with Crippen LogP contribution < -0.4 is 16.2 Å². The molecule has 3 N–H and O–H groups in total. The molecule has 128 valence electrons. The van der Waals surface area contributed by atoms with Crippen molar-refractivity contribution in [3.63, 3.8) is 0 Å². The number of anilines is 1. The van der Waals surface area contributed by atoms with Crippen molar-refractivity contribution in [2.45, 2.75) is 20.3 Å². The Labute approximate surface area is 152 Å². The molecule has 1 aromatic heterocycles. The molecule has 0 amide bonds. The normalized spacial score (nSPS) is 10.6. The lowest BCUT2D eigenvalue weighted by Crippen LogP contribution is -2.31. The van der Waals surface area contributed by atoms with Crippen LogP contribution in [0.2, 0.25) is 0 Å². The molecule has 25 heavy (non-hydrogen) atoms. The van der Waals surface area contributed by atoms with Crippen molar-refractivity contribution in [2.75, 3.05) is 11.9 Å². The molecule has 0 saturated carbocycles. The Hall–Kier alpha value is -2.66. The Kier molecular flexibility index (Phi) is 5.14. The third kappa shape index (κ3) is 4.45. The van der Waals surface area contributed by atoms with Gasteiger partial charge in [-0.15, -0.1) is 0 Å². The van der Waals surface area contributed by atoms with Gasteiger partial charge in [-0.05, 0) is 67.7 Å². The maximum absolute atomic E-state index is 12.2. The Balaban J connectivity index is 1.60. The molecule has 0 fully saturated rings. The molecular formula is C20H21N3OS. The highest BCUT2D eigenvalue weighted by Gasteiger charge is 2.04. The second-order valence-corrected chi connectivity index (χ2v) is 6.62. The van der Waals surface area contributed by atoms with E-state index in [-0.39, 0.29) is 5.56 Å². The Morgan fingerprint density at radius 1 is 1.04 bits per heavy atom. The van der Waals surface area contributed by atoms with Crippen LogP contribution in [0.15, 0.2) is 53.3 Å². The summed E-state index contributed by atoms with van der Waals surface area (Å²) in [4.78, 5) is 15.2. The highest BCUT2D eigenvalue weighted by molar-refractivity contribution is 7.80. The van der Waals surface area contributed by atoms with Crippen LogP contribution in [0, 0.1) is 13.8 Å². The lowest BCUT2D eigenvalue weighted by Gasteiger charge is -2.11. The van der Waals surface area contributed by atoms with Crippen LogP contribution in [0.3, 0.4) is 0 Å². The van der Waals surface area contributed by atoms with E-state index in [2.05, 4.69) is 15.6 Å². The Morgan fingerprint density at radius 2 is 1.76 bits per heavy atom. The predicted octanol–water partition coefficient (Wildman–Crippen LogP) is 3.67. The van der Waals surface area contributed by atoms with E-state index < -0.39 is 0 Å². The standard InChI is InChI=1S/C20H21N3OS/c1-13-4-7-17(8-5-13)22-20(25)21-10-9-16-12-15-6-3-14(2)11-18(15)23-19(16)24/h3-8,11-12H,9-10H2,1-2H3,(H,23,24)(H2,21,22,25). The van der Waals surface area contributed by atoms with Crippen molar-refractivity contribution in [3.8, 4) is 0 Å². The van der Waals surface area contributed by atoms with Gasteiger partial charge >= 0.3 is 0 Å². The molecule has 0 atom stereocenters. The van der Waals surface area contributed by atoms with Crippen LogP contribution in [-0.4, -0.2) is 16.6 Å². The fourth-order valence-electron chi connectivity index (χ4n) is 2.67. The zero-order valence-electron chi connectivity index (χ0n) is 14.3. The summed E-state index contributed by atoms with van der Waals surface area (Å²) >= 11 is 5.30. The summed E-state index contributed by atoms with van der Waals surface area (Å²) < 4.78 is 0. The number of aromatic amines is 1. The summed E-state index contributed by atoms with van der Waals surface area (Å²) in [6.07, 6.45) is 0.606. The van der Waals surface area contributed by atoms with E-state index in [1.807, 2.05) is 62.4 Å². The minimum Gasteiger partial charge on any atom is -0.362 e. The van der Waals surface area contributed by atoms with Gasteiger partial charge in [-0.1, -0.05) is 29.8 Å². The van der Waals surface area contributed by atoms with E-state index in [9.17, 15) is 4.79 Å². The number of aryl methyl sites for hydroxylation is 2. The Bertz CT molecular complexity index is 961. The van der Waals surface area contributed by atoms with Crippen LogP contribution in [0.1, 0.15) is 16.7 Å². The highest BCUT2D eigenvalue weighted by Crippen LogP contribution is 2.13. The third-order valence-corrected chi connectivity index (χ3v) is 4.31. The van der Waals surface area contributed by atoms with E-state index in [1.54, 1.807) is 0 Å². The van der Waals surface area contributed by atoms with E-state index in [1.165, 1.54) is 5.56 Å². The number of fused-ring (bicyclic) bond motifs is 1. The van der Waals surface area contributed by atoms with Crippen LogP contribution in [0.4, 0.5) is 5.69 Å². The zero-order valence-corrected chi connectivity index (χ0v) is 15.2. The number of nitrogens with one attached hydrogen (secondary N) is 3. The van der Waals surface area contributed by atoms with Gasteiger partial charge in [0.1, 0.15) is 0 Å². The molecule has 0 aliphatic carbocycles. The van der Waals surface area contributed by atoms with E-state index in [0.717, 1.165) is 27.7 Å². The van der Waals surface area contributed by atoms with Crippen molar-refractivity contribution >= 4 is 33.9 Å². The number of pyridine rings is 1. The summed E-state index contributed by atoms with van der Waals surface area (Å²) in [6.45, 7) is 4.65. The monoisotopic (exact) mass is 351 g/mol. The van der Waals surface area contributed by atoms with Crippen molar-refractivity contribution in [1.29, 1.82) is 0 Å². The molecule has 0 saturated heterocycles. The lowest BCUT2D eigenvalue weighted by molar-refractivity contribution is 0.863. The molecule has 3 rings (SSSR count). The van der Waals surface area contributed by atoms with Gasteiger partial charge in [-0.2, -0.15) is 0 Å². The average molecular weight is 351 g/mol. The van der Waals surface area contributed by atoms with Crippen molar-refractivity contribution in [2.24, 2.45) is 0 Å². The fourth-order valence-corrected chi connectivity index (χ4v) is 2.89. The van der Waals surface area contributed by atoms with Gasteiger partial charge < -0.3 is 15.6 Å². The van der Waals surface area contributed by atoms with Gasteiger partial charge in [0, 0.05) is 23.3 Å². The number of thiocarbonyl (C=S) groups is 1. The third-order valence-electron chi connectivity index (χ3n) is 4.07. The summed E-state index contributed by atoms with van der Waals surface area (Å²) in [6, 6.07) is 16.0. The molecular weight excluding hydrogens is 330 g/mol. The second kappa shape index (κ2) is 7.49. The first kappa shape index (κ1) is 17.2. The summed E-state index contributed by atoms with van der Waals surface area (Å²) in [5.74, 6) is 0. The smallest absolute Gasteiger partial charge is 0.251 e. The molecule has 0 spiro atoms. The molecule has 0 aliphatic rings. The zero-order chi connectivity index (χ0) is 17.8. The number of H-pyrrole nitrogens is 1. The highest BCUT2D eigenvalue weighted by atomic mass is 32.1. The van der Waals surface area contributed by atoms with Crippen LogP contribution in [-0.2, 0) is 6.42 Å². The van der Waals surface area contributed by atoms with Gasteiger partial charge in [-0.3, -0.25) is 4.79 Å². The quantitative estimate of drug-likeness (QED) is 0.628. The molecule has 2 aromatic carbocycles. The topological polar surface area (TPSA) is 56.9 Å². The van der Waals surface area contributed by atoms with Gasteiger partial charge in [-0.25, -0.2) is 0 Å². The first-order valence-corrected chi connectivity index (χ1v) is 8.66. The molecule has 0 radical (unpaired) electrons. The first-order valence-electron chi connectivity index (χ1n) is 8.25. The minimum atomic E-state index is -0.0442. The SMILES string of the molecule is Cc1ccc(NC(=S)NCCc2cc3ccc(C)cc3[nH]c2=O)cc1. The Morgan fingerprint density at radius 3 is 2.52 bits per heavy atom. The number of hydrogen-bond donors (Lipinski definition) is 3. The predicted molar refractivity (Wildman–Crippen MR) is 108 cm³/mol. The maximum atomic E-state index is 12.2. The molecule has 5 heteroatoms. The number of aromatic nitrogens is 1. The maximum Gasteiger partial charge on any atom is 0.251 e. The average Bonchev–Trinajstić information content (AvgIpc) is 2.57. The van der Waals surface area contributed by atoms with Gasteiger partial charge in [0.15, 0.2) is 5.11 Å². The van der Waals surface area contributed by atoms with Gasteiger partial charge in [0.2, 0.25) is 0 Å². The number of rotatable bonds is 4. The molecule has 4 nitrogen and oxygen atoms in total. The van der Waals surface area contributed by atoms with Crippen molar-refractivity contribution in [1.82, 2.24) is 10.3 Å². The largest absolute Gasteiger partial charge is 0.362 e.